The number of nitrogens with two attached hydrogens (primary N) is 1. The Hall–Kier alpha value is -5.96. The number of fused-ring (bicyclic) bond motifs is 1. The van der Waals surface area contributed by atoms with E-state index in [2.05, 4.69) is 31.7 Å². The molecule has 0 aliphatic rings. The maximum Gasteiger partial charge on any atom is 0.336 e. The average Bonchev–Trinajstić information content (AvgIpc) is 3.52. The first-order valence-corrected chi connectivity index (χ1v) is 17.2. The lowest BCUT2D eigenvalue weighted by molar-refractivity contribution is -0.132. The zero-order chi connectivity index (χ0) is 38.4. The van der Waals surface area contributed by atoms with Crippen molar-refractivity contribution in [1.29, 1.82) is 0 Å². The first kappa shape index (κ1) is 39.8. The molecule has 14 nitrogen and oxygen atoms in total. The molecule has 0 fully saturated rings. The maximum absolute atomic E-state index is 14.1. The Morgan fingerprint density at radius 1 is 0.868 bits per heavy atom. The van der Waals surface area contributed by atoms with Crippen LogP contribution in [0.25, 0.3) is 10.9 Å². The van der Waals surface area contributed by atoms with Crippen LogP contribution in [0.15, 0.2) is 85.1 Å². The van der Waals surface area contributed by atoms with E-state index in [0.717, 1.165) is 21.5 Å². The van der Waals surface area contributed by atoms with Gasteiger partial charge in [-0.1, -0.05) is 60.7 Å². The summed E-state index contributed by atoms with van der Waals surface area (Å²) in [7, 11) is 0. The molecule has 282 valence electrons. The lowest BCUT2D eigenvalue weighted by atomic mass is 10.0. The van der Waals surface area contributed by atoms with Crippen LogP contribution in [0, 0.1) is 5.82 Å². The van der Waals surface area contributed by atoms with Gasteiger partial charge in [0.25, 0.3) is 5.91 Å². The molecule has 7 amide bonds. The average molecular weight is 731 g/mol. The number of para-hydroxylation sites is 1. The molecule has 0 spiro atoms. The van der Waals surface area contributed by atoms with Crippen molar-refractivity contribution in [3.8, 4) is 0 Å². The molecule has 8 N–H and O–H groups in total. The number of benzene rings is 3. The molecule has 15 heteroatoms. The number of ether oxygens (including phenoxy) is 1. The molecule has 2 unspecified atom stereocenters. The Morgan fingerprint density at radius 2 is 1.57 bits per heavy atom. The number of halogens is 1. The minimum atomic E-state index is -1.28. The maximum atomic E-state index is 14.1. The fraction of sp³-hybridized carbons (Fsp3) is 0.342. The Labute approximate surface area is 307 Å². The molecule has 4 aromatic rings. The number of nitrogens with zero attached hydrogens (tertiary/aromatic N) is 1. The van der Waals surface area contributed by atoms with E-state index < -0.39 is 53.2 Å². The third-order valence-electron chi connectivity index (χ3n) is 7.90. The summed E-state index contributed by atoms with van der Waals surface area (Å²) in [4.78, 5) is 69.0. The number of hydrazine groups is 1. The molecule has 4 rings (SSSR count). The monoisotopic (exact) mass is 730 g/mol. The van der Waals surface area contributed by atoms with Crippen LogP contribution in [-0.2, 0) is 38.7 Å². The summed E-state index contributed by atoms with van der Waals surface area (Å²) in [6.07, 6.45) is 1.35. The van der Waals surface area contributed by atoms with Crippen molar-refractivity contribution in [2.24, 2.45) is 5.73 Å². The van der Waals surface area contributed by atoms with Gasteiger partial charge in [0.15, 0.2) is 0 Å². The van der Waals surface area contributed by atoms with Crippen molar-refractivity contribution < 1.29 is 33.1 Å². The topological polar surface area (TPSA) is 200 Å². The molecule has 2 atom stereocenters. The number of carbonyl (C=O) groups is 5. The predicted molar refractivity (Wildman–Crippen MR) is 197 cm³/mol. The van der Waals surface area contributed by atoms with Gasteiger partial charge < -0.3 is 36.7 Å². The van der Waals surface area contributed by atoms with Crippen LogP contribution in [0.4, 0.5) is 14.0 Å². The van der Waals surface area contributed by atoms with Crippen molar-refractivity contribution >= 4 is 40.7 Å². The summed E-state index contributed by atoms with van der Waals surface area (Å²) in [5.41, 5.74) is 10.3. The number of hydrogen-bond acceptors (Lipinski definition) is 6. The van der Waals surface area contributed by atoms with Crippen molar-refractivity contribution in [2.45, 2.75) is 70.8 Å². The molecule has 1 aromatic heterocycles. The minimum Gasteiger partial charge on any atom is -0.375 e. The third-order valence-corrected chi connectivity index (χ3v) is 7.90. The summed E-state index contributed by atoms with van der Waals surface area (Å²) < 4.78 is 19.4. The fourth-order valence-electron chi connectivity index (χ4n) is 5.33. The summed E-state index contributed by atoms with van der Waals surface area (Å²) in [5.74, 6) is -2.65. The lowest BCUT2D eigenvalue weighted by Gasteiger charge is -2.28. The molecule has 1 heterocycles. The van der Waals surface area contributed by atoms with E-state index in [1.54, 1.807) is 27.0 Å². The van der Waals surface area contributed by atoms with Gasteiger partial charge in [0.05, 0.1) is 19.8 Å². The highest BCUT2D eigenvalue weighted by Gasteiger charge is 2.30. The molecule has 3 aromatic carbocycles. The highest BCUT2D eigenvalue weighted by Crippen LogP contribution is 2.20. The number of primary amides is 1. The van der Waals surface area contributed by atoms with Crippen molar-refractivity contribution in [1.82, 2.24) is 36.7 Å². The minimum absolute atomic E-state index is 0.0162. The van der Waals surface area contributed by atoms with Crippen LogP contribution in [0.3, 0.4) is 0 Å². The Bertz CT molecular complexity index is 1840. The molecule has 0 saturated heterocycles. The predicted octanol–water partition coefficient (Wildman–Crippen LogP) is 3.53. The standard InChI is InChI=1S/C38H47FN8O6/c1-38(2,3)45-36(51)44-31(17-18-33(40)48)34(49)43-32(21-27-22-42-30-12-8-7-11-29(27)30)35(50)46-47(23-25-13-15-28(39)16-14-25)37(52)41-19-20-53-24-26-9-5-4-6-10-26/h4-16,22,31-32,42H,17-21,23-24H2,1-3H3,(H2,40,48)(H,41,52)(H,43,49)(H,46,50)(H2,44,45,51). The smallest absolute Gasteiger partial charge is 0.336 e. The number of H-pyrrole nitrogens is 1. The lowest BCUT2D eigenvalue weighted by Crippen LogP contribution is -2.59. The highest BCUT2D eigenvalue weighted by molar-refractivity contribution is 5.93. The summed E-state index contributed by atoms with van der Waals surface area (Å²) in [6, 6.07) is 18.5. The third kappa shape index (κ3) is 13.3. The molecule has 0 saturated carbocycles. The quantitative estimate of drug-likeness (QED) is 0.0680. The van der Waals surface area contributed by atoms with Crippen LogP contribution in [0.2, 0.25) is 0 Å². The Morgan fingerprint density at radius 3 is 2.26 bits per heavy atom. The summed E-state index contributed by atoms with van der Waals surface area (Å²) >= 11 is 0. The summed E-state index contributed by atoms with van der Waals surface area (Å²) in [5, 5.41) is 12.6. The van der Waals surface area contributed by atoms with Gasteiger partial charge in [-0.2, -0.15) is 0 Å². The molecule has 0 radical (unpaired) electrons. The molecule has 0 aliphatic carbocycles. The first-order chi connectivity index (χ1) is 25.3. The number of nitrogens with one attached hydrogen (secondary N) is 6. The number of aromatic nitrogens is 1. The fourth-order valence-corrected chi connectivity index (χ4v) is 5.33. The van der Waals surface area contributed by atoms with E-state index >= 15 is 0 Å². The number of aromatic amines is 1. The molecular formula is C38H47FN8O6. The molecular weight excluding hydrogens is 683 g/mol. The van der Waals surface area contributed by atoms with Gasteiger partial charge in [0, 0.05) is 42.0 Å². The van der Waals surface area contributed by atoms with Gasteiger partial charge in [-0.25, -0.2) is 19.0 Å². The van der Waals surface area contributed by atoms with Gasteiger partial charge >= 0.3 is 12.1 Å². The number of rotatable bonds is 16. The molecule has 0 aliphatic heterocycles. The zero-order valence-electron chi connectivity index (χ0n) is 30.0. The largest absolute Gasteiger partial charge is 0.375 e. The zero-order valence-corrected chi connectivity index (χ0v) is 30.0. The first-order valence-electron chi connectivity index (χ1n) is 17.2. The van der Waals surface area contributed by atoms with E-state index in [4.69, 9.17) is 10.5 Å². The number of urea groups is 2. The van der Waals surface area contributed by atoms with E-state index in [-0.39, 0.29) is 39.0 Å². The van der Waals surface area contributed by atoms with Crippen molar-refractivity contribution in [3.05, 3.63) is 108 Å². The number of hydrogen-bond donors (Lipinski definition) is 7. The van der Waals surface area contributed by atoms with E-state index in [1.807, 2.05) is 54.6 Å². The van der Waals surface area contributed by atoms with Crippen molar-refractivity contribution in [3.63, 3.8) is 0 Å². The molecule has 53 heavy (non-hydrogen) atoms. The van der Waals surface area contributed by atoms with Crippen LogP contribution in [0.5, 0.6) is 0 Å². The SMILES string of the molecule is CC(C)(C)NC(=O)NC(CCC(N)=O)C(=O)NC(Cc1c[nH]c2ccccc12)C(=O)NN(Cc1ccc(F)cc1)C(=O)NCCOCc1ccccc1. The van der Waals surface area contributed by atoms with Crippen LogP contribution in [0.1, 0.15) is 50.3 Å². The second kappa shape index (κ2) is 19.0. The second-order valence-electron chi connectivity index (χ2n) is 13.5. The number of amides is 7. The van der Waals surface area contributed by atoms with Gasteiger partial charge in [-0.3, -0.25) is 19.8 Å². The van der Waals surface area contributed by atoms with Gasteiger partial charge in [0.1, 0.15) is 17.9 Å². The van der Waals surface area contributed by atoms with E-state index in [1.165, 1.54) is 24.3 Å². The van der Waals surface area contributed by atoms with Crippen LogP contribution < -0.4 is 32.4 Å². The van der Waals surface area contributed by atoms with Gasteiger partial charge in [0.2, 0.25) is 11.8 Å². The molecule has 0 bridgehead atoms. The highest BCUT2D eigenvalue weighted by atomic mass is 19.1. The van der Waals surface area contributed by atoms with Crippen LogP contribution >= 0.6 is 0 Å². The second-order valence-corrected chi connectivity index (χ2v) is 13.5. The van der Waals surface area contributed by atoms with Gasteiger partial charge in [-0.05, 0) is 62.1 Å². The van der Waals surface area contributed by atoms with E-state index in [0.29, 0.717) is 17.7 Å². The summed E-state index contributed by atoms with van der Waals surface area (Å²) in [6.45, 7) is 5.78. The van der Waals surface area contributed by atoms with Crippen LogP contribution in [-0.4, -0.2) is 70.6 Å². The Kier molecular flexibility index (Phi) is 14.3. The Balaban J connectivity index is 1.55. The number of carbonyl (C=O) groups excluding carboxylic acids is 5. The van der Waals surface area contributed by atoms with Crippen molar-refractivity contribution in [2.75, 3.05) is 13.2 Å². The van der Waals surface area contributed by atoms with E-state index in [9.17, 15) is 28.4 Å². The normalized spacial score (nSPS) is 12.3. The van der Waals surface area contributed by atoms with Gasteiger partial charge in [-0.15, -0.1) is 0 Å².